The van der Waals surface area contributed by atoms with Crippen LogP contribution in [0.25, 0.3) is 17.4 Å². The zero-order valence-corrected chi connectivity index (χ0v) is 17.2. The topological polar surface area (TPSA) is 79.6 Å². The molecular weight excluding hydrogens is 419 g/mol. The Bertz CT molecular complexity index is 1200. The Balaban J connectivity index is 1.45. The first-order chi connectivity index (χ1) is 14.9. The fourth-order valence-electron chi connectivity index (χ4n) is 3.01. The van der Waals surface area contributed by atoms with Crippen molar-refractivity contribution >= 4 is 40.6 Å². The van der Waals surface area contributed by atoms with Crippen molar-refractivity contribution in [3.05, 3.63) is 82.7 Å². The van der Waals surface area contributed by atoms with Crippen molar-refractivity contribution in [1.82, 2.24) is 4.90 Å². The van der Waals surface area contributed by atoms with Gasteiger partial charge in [-0.15, -0.1) is 0 Å². The van der Waals surface area contributed by atoms with E-state index in [1.165, 1.54) is 18.2 Å². The predicted octanol–water partition coefficient (Wildman–Crippen LogP) is 5.07. The first-order valence-electron chi connectivity index (χ1n) is 9.37. The minimum Gasteiger partial charge on any atom is -0.457 e. The molecule has 0 atom stereocenters. The lowest BCUT2D eigenvalue weighted by Crippen LogP contribution is -2.36. The largest absolute Gasteiger partial charge is 0.457 e. The molecule has 1 fully saturated rings. The molecule has 8 heteroatoms. The number of benzene rings is 2. The number of nitrogens with zero attached hydrogens (tertiary/aromatic N) is 1. The standard InChI is InChI=1S/C23H17FN2O4S/c1-14-4-2-3-5-18(14)25-21(27)13-26-22(28)20(31-23(26)29)12-17-10-11-19(30-17)15-6-8-16(24)9-7-15/h2-12H,13H2,1H3,(H,25,27)/b20-12-. The Kier molecular flexibility index (Phi) is 5.73. The summed E-state index contributed by atoms with van der Waals surface area (Å²) in [6, 6.07) is 16.4. The lowest BCUT2D eigenvalue weighted by atomic mass is 10.2. The van der Waals surface area contributed by atoms with Gasteiger partial charge in [0.15, 0.2) is 0 Å². The number of furan rings is 1. The molecule has 0 aliphatic carbocycles. The van der Waals surface area contributed by atoms with Gasteiger partial charge in [-0.25, -0.2) is 4.39 Å². The van der Waals surface area contributed by atoms with E-state index in [1.807, 2.05) is 19.1 Å². The summed E-state index contributed by atoms with van der Waals surface area (Å²) in [4.78, 5) is 38.3. The highest BCUT2D eigenvalue weighted by molar-refractivity contribution is 8.18. The molecule has 4 rings (SSSR count). The molecule has 0 bridgehead atoms. The zero-order chi connectivity index (χ0) is 22.0. The molecule has 1 aliphatic rings. The second-order valence-electron chi connectivity index (χ2n) is 6.84. The number of anilines is 1. The Labute approximate surface area is 181 Å². The average molecular weight is 436 g/mol. The van der Waals surface area contributed by atoms with Crippen LogP contribution in [0.1, 0.15) is 11.3 Å². The number of carbonyl (C=O) groups excluding carboxylic acids is 3. The van der Waals surface area contributed by atoms with Crippen LogP contribution in [0.3, 0.4) is 0 Å². The summed E-state index contributed by atoms with van der Waals surface area (Å²) < 4.78 is 18.8. The fourth-order valence-corrected chi connectivity index (χ4v) is 3.83. The number of hydrogen-bond donors (Lipinski definition) is 1. The molecule has 2 aromatic carbocycles. The van der Waals surface area contributed by atoms with Crippen molar-refractivity contribution in [1.29, 1.82) is 0 Å². The number of amides is 3. The molecule has 0 unspecified atom stereocenters. The first-order valence-corrected chi connectivity index (χ1v) is 10.2. The Hall–Kier alpha value is -3.65. The van der Waals surface area contributed by atoms with Crippen LogP contribution >= 0.6 is 11.8 Å². The highest BCUT2D eigenvalue weighted by atomic mass is 32.2. The van der Waals surface area contributed by atoms with Gasteiger partial charge in [0, 0.05) is 17.3 Å². The summed E-state index contributed by atoms with van der Waals surface area (Å²) in [5.41, 5.74) is 2.18. The van der Waals surface area contributed by atoms with E-state index in [0.29, 0.717) is 22.8 Å². The predicted molar refractivity (Wildman–Crippen MR) is 117 cm³/mol. The lowest BCUT2D eigenvalue weighted by Gasteiger charge is -2.13. The van der Waals surface area contributed by atoms with Crippen LogP contribution < -0.4 is 5.32 Å². The van der Waals surface area contributed by atoms with Crippen LogP contribution in [0.15, 0.2) is 70.0 Å². The minimum absolute atomic E-state index is 0.161. The van der Waals surface area contributed by atoms with Gasteiger partial charge in [-0.3, -0.25) is 19.3 Å². The Morgan fingerprint density at radius 1 is 1.10 bits per heavy atom. The van der Waals surface area contributed by atoms with Crippen LogP contribution in [0.5, 0.6) is 0 Å². The third-order valence-corrected chi connectivity index (χ3v) is 5.53. The summed E-state index contributed by atoms with van der Waals surface area (Å²) in [5, 5.41) is 2.18. The van der Waals surface area contributed by atoms with Crippen molar-refractivity contribution in [3.8, 4) is 11.3 Å². The molecule has 6 nitrogen and oxygen atoms in total. The van der Waals surface area contributed by atoms with Crippen molar-refractivity contribution in [2.24, 2.45) is 0 Å². The van der Waals surface area contributed by atoms with E-state index >= 15 is 0 Å². The van der Waals surface area contributed by atoms with E-state index in [2.05, 4.69) is 5.32 Å². The van der Waals surface area contributed by atoms with E-state index in [-0.39, 0.29) is 17.3 Å². The highest BCUT2D eigenvalue weighted by Crippen LogP contribution is 2.33. The van der Waals surface area contributed by atoms with Gasteiger partial charge in [0.1, 0.15) is 23.9 Å². The number of halogens is 1. The van der Waals surface area contributed by atoms with E-state index in [4.69, 9.17) is 4.42 Å². The molecule has 1 aromatic heterocycles. The third kappa shape index (κ3) is 4.59. The first kappa shape index (κ1) is 20.6. The van der Waals surface area contributed by atoms with Crippen molar-refractivity contribution in [3.63, 3.8) is 0 Å². The molecule has 2 heterocycles. The molecule has 0 radical (unpaired) electrons. The fraction of sp³-hybridized carbons (Fsp3) is 0.0870. The van der Waals surface area contributed by atoms with Crippen LogP contribution in [-0.2, 0) is 9.59 Å². The number of imide groups is 1. The Morgan fingerprint density at radius 2 is 1.84 bits per heavy atom. The van der Waals surface area contributed by atoms with Crippen LogP contribution in [0.2, 0.25) is 0 Å². The molecule has 3 aromatic rings. The smallest absolute Gasteiger partial charge is 0.294 e. The normalized spacial score (nSPS) is 15.0. The van der Waals surface area contributed by atoms with Crippen molar-refractivity contribution < 1.29 is 23.2 Å². The molecule has 3 amide bonds. The SMILES string of the molecule is Cc1ccccc1NC(=O)CN1C(=O)S/C(=C\c2ccc(-c3ccc(F)cc3)o2)C1=O. The highest BCUT2D eigenvalue weighted by Gasteiger charge is 2.36. The van der Waals surface area contributed by atoms with Gasteiger partial charge in [0.25, 0.3) is 11.1 Å². The number of para-hydroxylation sites is 1. The maximum Gasteiger partial charge on any atom is 0.294 e. The van der Waals surface area contributed by atoms with Gasteiger partial charge in [0.2, 0.25) is 5.91 Å². The zero-order valence-electron chi connectivity index (χ0n) is 16.4. The van der Waals surface area contributed by atoms with E-state index in [1.54, 1.807) is 36.4 Å². The van der Waals surface area contributed by atoms with Crippen LogP contribution in [0.4, 0.5) is 14.9 Å². The van der Waals surface area contributed by atoms with Gasteiger partial charge in [-0.05, 0) is 66.7 Å². The number of hydrogen-bond acceptors (Lipinski definition) is 5. The van der Waals surface area contributed by atoms with Gasteiger partial charge in [-0.2, -0.15) is 0 Å². The van der Waals surface area contributed by atoms with Gasteiger partial charge in [-0.1, -0.05) is 18.2 Å². The van der Waals surface area contributed by atoms with Crippen molar-refractivity contribution in [2.45, 2.75) is 6.92 Å². The Morgan fingerprint density at radius 3 is 2.58 bits per heavy atom. The van der Waals surface area contributed by atoms with Gasteiger partial charge >= 0.3 is 0 Å². The summed E-state index contributed by atoms with van der Waals surface area (Å²) in [5.74, 6) is -0.503. The number of carbonyl (C=O) groups is 3. The number of aryl methyl sites for hydroxylation is 1. The number of nitrogens with one attached hydrogen (secondary N) is 1. The molecule has 1 aliphatic heterocycles. The van der Waals surface area contributed by atoms with Gasteiger partial charge < -0.3 is 9.73 Å². The van der Waals surface area contributed by atoms with E-state index < -0.39 is 17.1 Å². The number of rotatable bonds is 5. The van der Waals surface area contributed by atoms with E-state index in [9.17, 15) is 18.8 Å². The molecule has 1 N–H and O–H groups in total. The summed E-state index contributed by atoms with van der Waals surface area (Å²) in [6.07, 6.45) is 1.46. The average Bonchev–Trinajstić information content (AvgIpc) is 3.31. The summed E-state index contributed by atoms with van der Waals surface area (Å²) >= 11 is 0.744. The summed E-state index contributed by atoms with van der Waals surface area (Å²) in [6.45, 7) is 1.47. The maximum absolute atomic E-state index is 13.1. The minimum atomic E-state index is -0.560. The van der Waals surface area contributed by atoms with E-state index in [0.717, 1.165) is 22.2 Å². The molecule has 31 heavy (non-hydrogen) atoms. The monoisotopic (exact) mass is 436 g/mol. The number of thioether (sulfide) groups is 1. The van der Waals surface area contributed by atoms with Crippen LogP contribution in [-0.4, -0.2) is 28.5 Å². The molecule has 0 saturated carbocycles. The lowest BCUT2D eigenvalue weighted by molar-refractivity contribution is -0.127. The second-order valence-corrected chi connectivity index (χ2v) is 7.83. The van der Waals surface area contributed by atoms with Crippen molar-refractivity contribution in [2.75, 3.05) is 11.9 Å². The van der Waals surface area contributed by atoms with Gasteiger partial charge in [0.05, 0.1) is 4.91 Å². The molecule has 156 valence electrons. The van der Waals surface area contributed by atoms with Crippen LogP contribution in [0, 0.1) is 12.7 Å². The molecular formula is C23H17FN2O4S. The second kappa shape index (κ2) is 8.61. The molecule has 1 saturated heterocycles. The third-order valence-electron chi connectivity index (χ3n) is 4.62. The quantitative estimate of drug-likeness (QED) is 0.565. The maximum atomic E-state index is 13.1. The molecule has 0 spiro atoms. The summed E-state index contributed by atoms with van der Waals surface area (Å²) in [7, 11) is 0.